The van der Waals surface area contributed by atoms with E-state index in [1.807, 2.05) is 4.90 Å². The maximum Gasteiger partial charge on any atom is 0.246 e. The average molecular weight is 180 g/mol. The molecule has 2 N–H and O–H groups in total. The van der Waals surface area contributed by atoms with Crippen LogP contribution < -0.4 is 5.73 Å². The molecule has 0 saturated heterocycles. The van der Waals surface area contributed by atoms with Gasteiger partial charge in [-0.25, -0.2) is 0 Å². The summed E-state index contributed by atoms with van der Waals surface area (Å²) in [5, 5.41) is 0. The van der Waals surface area contributed by atoms with Crippen LogP contribution in [-0.4, -0.2) is 30.4 Å². The summed E-state index contributed by atoms with van der Waals surface area (Å²) in [5.41, 5.74) is 6.63. The highest BCUT2D eigenvalue weighted by Crippen LogP contribution is 2.09. The Bertz CT molecular complexity index is 243. The molecule has 0 aliphatic carbocycles. The third kappa shape index (κ3) is 3.03. The molecule has 0 radical (unpaired) electrons. The Hall–Kier alpha value is -1.09. The number of hydrogen-bond acceptors (Lipinski definition) is 2. The van der Waals surface area contributed by atoms with Crippen molar-refractivity contribution in [2.75, 3.05) is 19.6 Å². The normalized spacial score (nSPS) is 17.7. The van der Waals surface area contributed by atoms with Gasteiger partial charge in [-0.15, -0.1) is 0 Å². The number of carbonyl (C=O) groups is 1. The quantitative estimate of drug-likeness (QED) is 0.502. The smallest absolute Gasteiger partial charge is 0.246 e. The van der Waals surface area contributed by atoms with Crippen LogP contribution in [0.15, 0.2) is 23.8 Å². The Kier molecular flexibility index (Phi) is 3.71. The molecule has 3 nitrogen and oxygen atoms in total. The minimum atomic E-state index is 0.0641. The second-order valence-electron chi connectivity index (χ2n) is 3.22. The molecule has 0 unspecified atom stereocenters. The van der Waals surface area contributed by atoms with Gasteiger partial charge in [0.2, 0.25) is 5.91 Å². The largest absolute Gasteiger partial charge is 0.335 e. The maximum atomic E-state index is 11.4. The molecule has 1 aliphatic heterocycles. The number of carbonyl (C=O) groups excluding carboxylic acids is 1. The monoisotopic (exact) mass is 180 g/mol. The van der Waals surface area contributed by atoms with Crippen LogP contribution in [0.2, 0.25) is 0 Å². The first-order valence-corrected chi connectivity index (χ1v) is 4.55. The third-order valence-corrected chi connectivity index (χ3v) is 2.14. The fourth-order valence-electron chi connectivity index (χ4n) is 1.25. The van der Waals surface area contributed by atoms with Crippen LogP contribution in [-0.2, 0) is 4.79 Å². The topological polar surface area (TPSA) is 46.3 Å². The molecule has 0 atom stereocenters. The second kappa shape index (κ2) is 4.82. The van der Waals surface area contributed by atoms with E-state index in [0.717, 1.165) is 19.5 Å². The first-order valence-electron chi connectivity index (χ1n) is 4.55. The van der Waals surface area contributed by atoms with E-state index in [-0.39, 0.29) is 5.91 Å². The van der Waals surface area contributed by atoms with Crippen molar-refractivity contribution in [3.8, 4) is 0 Å². The van der Waals surface area contributed by atoms with Gasteiger partial charge >= 0.3 is 0 Å². The van der Waals surface area contributed by atoms with Crippen molar-refractivity contribution >= 4 is 5.91 Å². The van der Waals surface area contributed by atoms with Crippen LogP contribution >= 0.6 is 0 Å². The number of rotatable bonds is 2. The summed E-state index contributed by atoms with van der Waals surface area (Å²) in [6, 6.07) is 0. The van der Waals surface area contributed by atoms with Gasteiger partial charge in [0.05, 0.1) is 0 Å². The zero-order valence-corrected chi connectivity index (χ0v) is 7.99. The SMILES string of the molecule is CC1=CCN(C(=O)/C=C/CN)CC1. The van der Waals surface area contributed by atoms with E-state index >= 15 is 0 Å². The zero-order valence-electron chi connectivity index (χ0n) is 7.99. The number of hydrogen-bond donors (Lipinski definition) is 1. The van der Waals surface area contributed by atoms with E-state index < -0.39 is 0 Å². The second-order valence-corrected chi connectivity index (χ2v) is 3.22. The molecule has 1 aliphatic rings. The van der Waals surface area contributed by atoms with Crippen LogP contribution in [0.1, 0.15) is 13.3 Å². The first kappa shape index (κ1) is 9.99. The molecular weight excluding hydrogens is 164 g/mol. The number of amides is 1. The zero-order chi connectivity index (χ0) is 9.68. The van der Waals surface area contributed by atoms with Gasteiger partial charge in [0.15, 0.2) is 0 Å². The lowest BCUT2D eigenvalue weighted by Crippen LogP contribution is -2.33. The molecule has 1 heterocycles. The molecule has 0 spiro atoms. The van der Waals surface area contributed by atoms with Crippen molar-refractivity contribution in [1.82, 2.24) is 4.90 Å². The highest BCUT2D eigenvalue weighted by molar-refractivity contribution is 5.87. The van der Waals surface area contributed by atoms with Crippen LogP contribution in [0.4, 0.5) is 0 Å². The van der Waals surface area contributed by atoms with E-state index in [1.165, 1.54) is 5.57 Å². The van der Waals surface area contributed by atoms with Crippen LogP contribution in [0.25, 0.3) is 0 Å². The lowest BCUT2D eigenvalue weighted by Gasteiger charge is -2.24. The first-order chi connectivity index (χ1) is 6.24. The molecule has 13 heavy (non-hydrogen) atoms. The maximum absolute atomic E-state index is 11.4. The standard InChI is InChI=1S/C10H16N2O/c1-9-4-7-12(8-5-9)10(13)3-2-6-11/h2-4H,5-8,11H2,1H3/b3-2+. The van der Waals surface area contributed by atoms with E-state index in [9.17, 15) is 4.79 Å². The summed E-state index contributed by atoms with van der Waals surface area (Å²) in [7, 11) is 0. The fraction of sp³-hybridized carbons (Fsp3) is 0.500. The summed E-state index contributed by atoms with van der Waals surface area (Å²) in [4.78, 5) is 13.2. The van der Waals surface area contributed by atoms with Gasteiger partial charge in [-0.2, -0.15) is 0 Å². The van der Waals surface area contributed by atoms with E-state index in [0.29, 0.717) is 6.54 Å². The van der Waals surface area contributed by atoms with E-state index in [4.69, 9.17) is 5.73 Å². The Morgan fingerprint density at radius 3 is 3.08 bits per heavy atom. The molecule has 1 rings (SSSR count). The predicted octanol–water partition coefficient (Wildman–Crippen LogP) is 0.680. The molecule has 0 bridgehead atoms. The minimum Gasteiger partial charge on any atom is -0.335 e. The van der Waals surface area contributed by atoms with Gasteiger partial charge in [0.1, 0.15) is 0 Å². The van der Waals surface area contributed by atoms with Gasteiger partial charge in [0, 0.05) is 25.7 Å². The highest BCUT2D eigenvalue weighted by atomic mass is 16.2. The van der Waals surface area contributed by atoms with Gasteiger partial charge in [-0.3, -0.25) is 4.79 Å². The molecule has 3 heteroatoms. The van der Waals surface area contributed by atoms with Crippen molar-refractivity contribution in [1.29, 1.82) is 0 Å². The Balaban J connectivity index is 2.46. The molecular formula is C10H16N2O. The van der Waals surface area contributed by atoms with Crippen molar-refractivity contribution in [3.63, 3.8) is 0 Å². The third-order valence-electron chi connectivity index (χ3n) is 2.14. The van der Waals surface area contributed by atoms with Gasteiger partial charge in [-0.05, 0) is 13.3 Å². The predicted molar refractivity (Wildman–Crippen MR) is 53.1 cm³/mol. The fourth-order valence-corrected chi connectivity index (χ4v) is 1.25. The van der Waals surface area contributed by atoms with E-state index in [2.05, 4.69) is 13.0 Å². The Morgan fingerprint density at radius 2 is 2.54 bits per heavy atom. The van der Waals surface area contributed by atoms with Crippen molar-refractivity contribution in [3.05, 3.63) is 23.8 Å². The van der Waals surface area contributed by atoms with Crippen molar-refractivity contribution in [2.24, 2.45) is 5.73 Å². The van der Waals surface area contributed by atoms with Crippen LogP contribution in [0, 0.1) is 0 Å². The lowest BCUT2D eigenvalue weighted by molar-refractivity contribution is -0.125. The Morgan fingerprint density at radius 1 is 1.77 bits per heavy atom. The van der Waals surface area contributed by atoms with Gasteiger partial charge in [0.25, 0.3) is 0 Å². The van der Waals surface area contributed by atoms with Crippen molar-refractivity contribution in [2.45, 2.75) is 13.3 Å². The molecule has 1 amide bonds. The van der Waals surface area contributed by atoms with Gasteiger partial charge in [-0.1, -0.05) is 17.7 Å². The summed E-state index contributed by atoms with van der Waals surface area (Å²) in [5.74, 6) is 0.0641. The molecule has 0 aromatic rings. The summed E-state index contributed by atoms with van der Waals surface area (Å²) < 4.78 is 0. The molecule has 0 aromatic heterocycles. The summed E-state index contributed by atoms with van der Waals surface area (Å²) in [6.45, 7) is 4.08. The summed E-state index contributed by atoms with van der Waals surface area (Å²) >= 11 is 0. The van der Waals surface area contributed by atoms with Gasteiger partial charge < -0.3 is 10.6 Å². The molecule has 0 fully saturated rings. The van der Waals surface area contributed by atoms with Crippen molar-refractivity contribution < 1.29 is 4.79 Å². The Labute approximate surface area is 78.9 Å². The number of nitrogens with two attached hydrogens (primary N) is 1. The molecule has 72 valence electrons. The number of nitrogens with zero attached hydrogens (tertiary/aromatic N) is 1. The van der Waals surface area contributed by atoms with Crippen LogP contribution in [0.3, 0.4) is 0 Å². The average Bonchev–Trinajstić information content (AvgIpc) is 2.15. The molecule has 0 aromatic carbocycles. The minimum absolute atomic E-state index is 0.0641. The lowest BCUT2D eigenvalue weighted by atomic mass is 10.1. The summed E-state index contributed by atoms with van der Waals surface area (Å²) in [6.07, 6.45) is 6.32. The van der Waals surface area contributed by atoms with E-state index in [1.54, 1.807) is 12.2 Å². The highest BCUT2D eigenvalue weighted by Gasteiger charge is 2.12. The van der Waals surface area contributed by atoms with Crippen LogP contribution in [0.5, 0.6) is 0 Å². The molecule has 0 saturated carbocycles.